The minimum absolute atomic E-state index is 0.271. The van der Waals surface area contributed by atoms with Crippen molar-refractivity contribution in [3.8, 4) is 0 Å². The number of ether oxygens (including phenoxy) is 4. The molecule has 27 heavy (non-hydrogen) atoms. The van der Waals surface area contributed by atoms with Crippen LogP contribution in [0.25, 0.3) is 11.2 Å². The van der Waals surface area contributed by atoms with Crippen LogP contribution in [0, 0.1) is 5.92 Å². The molecule has 2 aromatic heterocycles. The predicted octanol–water partition coefficient (Wildman–Crippen LogP) is 0.779. The highest BCUT2D eigenvalue weighted by atomic mass is 16.8. The van der Waals surface area contributed by atoms with Crippen molar-refractivity contribution in [2.45, 2.75) is 57.0 Å². The summed E-state index contributed by atoms with van der Waals surface area (Å²) in [5, 5.41) is 0. The van der Waals surface area contributed by atoms with Crippen LogP contribution in [0.2, 0.25) is 0 Å². The molecule has 0 amide bonds. The maximum absolute atomic E-state index is 12.3. The van der Waals surface area contributed by atoms with E-state index >= 15 is 0 Å². The summed E-state index contributed by atoms with van der Waals surface area (Å²) >= 11 is 0. The summed E-state index contributed by atoms with van der Waals surface area (Å²) in [6.07, 6.45) is 2.18. The smallest absolute Gasteiger partial charge is 0.312 e. The number of esters is 1. The molecule has 10 heteroatoms. The molecular formula is C17H21N5O5. The summed E-state index contributed by atoms with van der Waals surface area (Å²) < 4.78 is 25.6. The molecule has 5 atom stereocenters. The van der Waals surface area contributed by atoms with Gasteiger partial charge in [0.25, 0.3) is 0 Å². The average Bonchev–Trinajstić information content (AvgIpc) is 2.87. The number of nitrogens with zero attached hydrogens (tertiary/aromatic N) is 4. The van der Waals surface area contributed by atoms with Crippen LogP contribution in [-0.4, -0.2) is 55.7 Å². The van der Waals surface area contributed by atoms with Crippen LogP contribution >= 0.6 is 0 Å². The minimum atomic E-state index is -0.781. The molecule has 1 aliphatic carbocycles. The zero-order valence-corrected chi connectivity index (χ0v) is 15.3. The highest BCUT2D eigenvalue weighted by Crippen LogP contribution is 2.62. The molecule has 1 saturated carbocycles. The number of anilines is 1. The van der Waals surface area contributed by atoms with Gasteiger partial charge in [0.15, 0.2) is 23.5 Å². The lowest BCUT2D eigenvalue weighted by Crippen LogP contribution is -2.34. The van der Waals surface area contributed by atoms with E-state index in [9.17, 15) is 4.79 Å². The Morgan fingerprint density at radius 1 is 1.33 bits per heavy atom. The lowest BCUT2D eigenvalue weighted by molar-refractivity contribution is -0.205. The first-order valence-corrected chi connectivity index (χ1v) is 8.99. The molecule has 0 radical (unpaired) electrons. The first-order valence-electron chi connectivity index (χ1n) is 8.99. The summed E-state index contributed by atoms with van der Waals surface area (Å²) in [6, 6.07) is 0. The van der Waals surface area contributed by atoms with E-state index in [0.717, 1.165) is 0 Å². The van der Waals surface area contributed by atoms with E-state index in [2.05, 4.69) is 15.0 Å². The van der Waals surface area contributed by atoms with Crippen LogP contribution < -0.4 is 5.73 Å². The van der Waals surface area contributed by atoms with Crippen LogP contribution in [0.3, 0.4) is 0 Å². The van der Waals surface area contributed by atoms with Gasteiger partial charge in [-0.25, -0.2) is 15.0 Å². The van der Waals surface area contributed by atoms with Gasteiger partial charge in [-0.15, -0.1) is 0 Å². The Bertz CT molecular complexity index is 930. The third-order valence-corrected chi connectivity index (χ3v) is 5.42. The van der Waals surface area contributed by atoms with Gasteiger partial charge in [0.2, 0.25) is 0 Å². The summed E-state index contributed by atoms with van der Waals surface area (Å²) in [5.74, 6) is -1.13. The topological polar surface area (TPSA) is 124 Å². The number of fused-ring (bicyclic) bond motifs is 3. The quantitative estimate of drug-likeness (QED) is 0.775. The van der Waals surface area contributed by atoms with Crippen molar-refractivity contribution in [2.75, 3.05) is 12.3 Å². The summed E-state index contributed by atoms with van der Waals surface area (Å²) in [5.41, 5.74) is 6.18. The molecule has 2 aromatic rings. The standard InChI is InChI=1S/C17H21N5O5/c1-4-24-15(23)8-5-17(8)11-10(25-16(2,3)26-11)14(27-17)22-7-21-9-12(18)19-6-20-13(9)22/h6-8,10-11,14H,4-5H2,1-3H3,(H2,18,19,20)/t8?,10?,11?,14?,17-/m0/s1. The fourth-order valence-corrected chi connectivity index (χ4v) is 4.24. The van der Waals surface area contributed by atoms with E-state index in [-0.39, 0.29) is 18.0 Å². The molecule has 2 aliphatic heterocycles. The molecule has 1 spiro atoms. The van der Waals surface area contributed by atoms with Gasteiger partial charge in [0.05, 0.1) is 18.9 Å². The number of carbonyl (C=O) groups is 1. The zero-order valence-electron chi connectivity index (χ0n) is 15.3. The number of carbonyl (C=O) groups excluding carboxylic acids is 1. The number of rotatable bonds is 3. The Kier molecular flexibility index (Phi) is 3.35. The summed E-state index contributed by atoms with van der Waals surface area (Å²) in [7, 11) is 0. The summed E-state index contributed by atoms with van der Waals surface area (Å²) in [6.45, 7) is 5.82. The van der Waals surface area contributed by atoms with Gasteiger partial charge in [-0.2, -0.15) is 0 Å². The molecule has 10 nitrogen and oxygen atoms in total. The monoisotopic (exact) mass is 375 g/mol. The molecule has 4 heterocycles. The molecule has 3 aliphatic rings. The van der Waals surface area contributed by atoms with E-state index in [1.54, 1.807) is 17.8 Å². The van der Waals surface area contributed by atoms with Crippen molar-refractivity contribution in [1.29, 1.82) is 0 Å². The number of hydrogen-bond donors (Lipinski definition) is 1. The van der Waals surface area contributed by atoms with Crippen molar-refractivity contribution < 1.29 is 23.7 Å². The van der Waals surface area contributed by atoms with Gasteiger partial charge in [-0.1, -0.05) is 0 Å². The molecule has 3 fully saturated rings. The third-order valence-electron chi connectivity index (χ3n) is 5.42. The van der Waals surface area contributed by atoms with Gasteiger partial charge in [0, 0.05) is 0 Å². The van der Waals surface area contributed by atoms with Crippen molar-refractivity contribution in [1.82, 2.24) is 19.5 Å². The van der Waals surface area contributed by atoms with Crippen molar-refractivity contribution in [3.05, 3.63) is 12.7 Å². The first-order chi connectivity index (χ1) is 12.9. The maximum Gasteiger partial charge on any atom is 0.312 e. The number of nitrogens with two attached hydrogens (primary N) is 1. The van der Waals surface area contributed by atoms with Crippen LogP contribution in [0.4, 0.5) is 5.82 Å². The maximum atomic E-state index is 12.3. The van der Waals surface area contributed by atoms with Crippen molar-refractivity contribution in [2.24, 2.45) is 5.92 Å². The molecule has 144 valence electrons. The van der Waals surface area contributed by atoms with E-state index in [4.69, 9.17) is 24.7 Å². The fraction of sp³-hybridized carbons (Fsp3) is 0.647. The van der Waals surface area contributed by atoms with Crippen molar-refractivity contribution in [3.63, 3.8) is 0 Å². The molecule has 2 saturated heterocycles. The van der Waals surface area contributed by atoms with Gasteiger partial charge >= 0.3 is 5.97 Å². The number of imidazole rings is 1. The zero-order chi connectivity index (χ0) is 19.0. The third kappa shape index (κ3) is 2.30. The Morgan fingerprint density at radius 3 is 2.93 bits per heavy atom. The van der Waals surface area contributed by atoms with Crippen molar-refractivity contribution >= 4 is 23.0 Å². The van der Waals surface area contributed by atoms with Crippen LogP contribution in [-0.2, 0) is 23.7 Å². The second-order valence-corrected chi connectivity index (χ2v) is 7.58. The molecule has 0 aromatic carbocycles. The van der Waals surface area contributed by atoms with E-state index in [1.165, 1.54) is 6.33 Å². The Labute approximate surface area is 155 Å². The normalized spacial score (nSPS) is 36.3. The fourth-order valence-electron chi connectivity index (χ4n) is 4.24. The number of aromatic nitrogens is 4. The predicted molar refractivity (Wildman–Crippen MR) is 91.2 cm³/mol. The lowest BCUT2D eigenvalue weighted by Gasteiger charge is -2.25. The second-order valence-electron chi connectivity index (χ2n) is 7.58. The van der Waals surface area contributed by atoms with E-state index < -0.39 is 23.7 Å². The number of hydrogen-bond acceptors (Lipinski definition) is 9. The lowest BCUT2D eigenvalue weighted by atomic mass is 10.1. The molecule has 0 bridgehead atoms. The summed E-state index contributed by atoms with van der Waals surface area (Å²) in [4.78, 5) is 24.9. The molecule has 2 N–H and O–H groups in total. The Hall–Kier alpha value is -2.30. The average molecular weight is 375 g/mol. The van der Waals surface area contributed by atoms with Crippen LogP contribution in [0.1, 0.15) is 33.4 Å². The first kappa shape index (κ1) is 16.8. The number of nitrogen functional groups attached to an aromatic ring is 1. The van der Waals surface area contributed by atoms with E-state index in [1.807, 2.05) is 13.8 Å². The molecular weight excluding hydrogens is 354 g/mol. The van der Waals surface area contributed by atoms with Gasteiger partial charge in [-0.3, -0.25) is 9.36 Å². The highest BCUT2D eigenvalue weighted by Gasteiger charge is 2.76. The van der Waals surface area contributed by atoms with Crippen LogP contribution in [0.5, 0.6) is 0 Å². The highest BCUT2D eigenvalue weighted by molar-refractivity contribution is 5.81. The van der Waals surface area contributed by atoms with Gasteiger partial charge in [0.1, 0.15) is 29.7 Å². The minimum Gasteiger partial charge on any atom is -0.466 e. The Balaban J connectivity index is 1.54. The largest absolute Gasteiger partial charge is 0.466 e. The molecule has 5 rings (SSSR count). The second kappa shape index (κ2) is 5.37. The van der Waals surface area contributed by atoms with Gasteiger partial charge in [-0.05, 0) is 27.2 Å². The van der Waals surface area contributed by atoms with Gasteiger partial charge < -0.3 is 24.7 Å². The SMILES string of the molecule is CCOC(=O)C1C[C@]12OC(n1cnc3c(N)ncnc31)C1OC(C)(C)OC12. The molecule has 4 unspecified atom stereocenters. The van der Waals surface area contributed by atoms with Crippen LogP contribution in [0.15, 0.2) is 12.7 Å². The Morgan fingerprint density at radius 2 is 2.15 bits per heavy atom. The van der Waals surface area contributed by atoms with E-state index in [0.29, 0.717) is 30.0 Å².